The predicted molar refractivity (Wildman–Crippen MR) is 120 cm³/mol. The molecule has 1 aliphatic heterocycles. The van der Waals surface area contributed by atoms with E-state index in [-0.39, 0.29) is 28.6 Å². The second kappa shape index (κ2) is 9.62. The van der Waals surface area contributed by atoms with Gasteiger partial charge in [0, 0.05) is 39.1 Å². The second-order valence-corrected chi connectivity index (χ2v) is 7.99. The molecule has 4 heterocycles. The van der Waals surface area contributed by atoms with Crippen LogP contribution in [0.4, 0.5) is 0 Å². The highest BCUT2D eigenvalue weighted by molar-refractivity contribution is 5.96. The molecule has 0 saturated carbocycles. The molecule has 0 aliphatic carbocycles. The number of pyridine rings is 2. The van der Waals surface area contributed by atoms with Crippen LogP contribution in [0.1, 0.15) is 42.1 Å². The molecular formula is C23H29N5O4. The Bertz CT molecular complexity index is 1260. The minimum absolute atomic E-state index is 0.00823. The zero-order chi connectivity index (χ0) is 22.7. The van der Waals surface area contributed by atoms with Gasteiger partial charge < -0.3 is 19.4 Å². The van der Waals surface area contributed by atoms with Gasteiger partial charge in [-0.05, 0) is 50.8 Å². The molecule has 4 rings (SSSR count). The van der Waals surface area contributed by atoms with Crippen LogP contribution < -0.4 is 16.4 Å². The van der Waals surface area contributed by atoms with Crippen molar-refractivity contribution >= 4 is 22.6 Å². The summed E-state index contributed by atoms with van der Waals surface area (Å²) in [5.74, 6) is -0.389. The molecule has 9 heteroatoms. The first-order valence-corrected chi connectivity index (χ1v) is 11.1. The molecule has 2 N–H and O–H groups in total. The van der Waals surface area contributed by atoms with Crippen molar-refractivity contribution in [3.63, 3.8) is 0 Å². The zero-order valence-electron chi connectivity index (χ0n) is 18.5. The molecule has 1 amide bonds. The fourth-order valence-corrected chi connectivity index (χ4v) is 4.06. The van der Waals surface area contributed by atoms with E-state index in [2.05, 4.69) is 5.32 Å². The van der Waals surface area contributed by atoms with Crippen molar-refractivity contribution in [2.75, 3.05) is 26.4 Å². The Labute approximate surface area is 185 Å². The third-order valence-electron chi connectivity index (χ3n) is 5.77. The maximum absolute atomic E-state index is 13.3. The van der Waals surface area contributed by atoms with Gasteiger partial charge in [-0.3, -0.25) is 19.4 Å². The number of carbonyl (C=O) groups is 1. The molecule has 3 aromatic rings. The standard InChI is InChI=1S/C23H29N5O4/c1-3-31-11-6-10-27-19(24)17(22(29)25-14-16-8-5-12-32-16)13-18-21(27)26-20-15(2)7-4-9-28(20)23(18)30/h4,7,9,13,16,24H,3,5-6,8,10-12,14H2,1-2H3,(H,25,29)/t16-/m0/s1. The topological polar surface area (TPSA) is 111 Å². The number of nitrogens with one attached hydrogen (secondary N) is 2. The summed E-state index contributed by atoms with van der Waals surface area (Å²) in [6.07, 6.45) is 4.18. The predicted octanol–water partition coefficient (Wildman–Crippen LogP) is 1.77. The normalized spacial score (nSPS) is 16.1. The number of rotatable bonds is 8. The number of aryl methyl sites for hydroxylation is 2. The summed E-state index contributed by atoms with van der Waals surface area (Å²) in [7, 11) is 0. The van der Waals surface area contributed by atoms with Gasteiger partial charge in [0.05, 0.1) is 17.1 Å². The Hall–Kier alpha value is -3.04. The lowest BCUT2D eigenvalue weighted by molar-refractivity contribution is 0.0855. The van der Waals surface area contributed by atoms with Crippen LogP contribution in [0, 0.1) is 12.3 Å². The maximum Gasteiger partial charge on any atom is 0.267 e. The zero-order valence-corrected chi connectivity index (χ0v) is 18.5. The van der Waals surface area contributed by atoms with Gasteiger partial charge >= 0.3 is 0 Å². The van der Waals surface area contributed by atoms with E-state index in [0.29, 0.717) is 56.0 Å². The van der Waals surface area contributed by atoms with E-state index >= 15 is 0 Å². The number of ether oxygens (including phenoxy) is 2. The van der Waals surface area contributed by atoms with E-state index in [1.165, 1.54) is 10.5 Å². The summed E-state index contributed by atoms with van der Waals surface area (Å²) in [6, 6.07) is 5.18. The minimum atomic E-state index is -0.389. The van der Waals surface area contributed by atoms with Gasteiger partial charge in [0.2, 0.25) is 0 Å². The maximum atomic E-state index is 13.3. The molecule has 32 heavy (non-hydrogen) atoms. The van der Waals surface area contributed by atoms with Crippen LogP contribution in [0.3, 0.4) is 0 Å². The lowest BCUT2D eigenvalue weighted by Crippen LogP contribution is -2.38. The minimum Gasteiger partial charge on any atom is -0.382 e. The Morgan fingerprint density at radius 1 is 1.41 bits per heavy atom. The first kappa shape index (κ1) is 22.2. The molecule has 1 atom stereocenters. The molecule has 1 fully saturated rings. The van der Waals surface area contributed by atoms with Crippen molar-refractivity contribution in [2.24, 2.45) is 0 Å². The number of aromatic nitrogens is 3. The van der Waals surface area contributed by atoms with E-state index in [1.54, 1.807) is 16.8 Å². The molecule has 0 spiro atoms. The molecule has 170 valence electrons. The molecule has 9 nitrogen and oxygen atoms in total. The fourth-order valence-electron chi connectivity index (χ4n) is 4.06. The van der Waals surface area contributed by atoms with E-state index in [1.807, 2.05) is 19.9 Å². The van der Waals surface area contributed by atoms with Gasteiger partial charge in [-0.25, -0.2) is 4.98 Å². The van der Waals surface area contributed by atoms with E-state index in [0.717, 1.165) is 18.4 Å². The summed E-state index contributed by atoms with van der Waals surface area (Å²) in [4.78, 5) is 31.0. The van der Waals surface area contributed by atoms with Gasteiger partial charge in [-0.2, -0.15) is 0 Å². The van der Waals surface area contributed by atoms with Gasteiger partial charge in [0.25, 0.3) is 11.5 Å². The summed E-state index contributed by atoms with van der Waals surface area (Å²) in [6.45, 7) is 6.44. The Kier molecular flexibility index (Phi) is 6.66. The van der Waals surface area contributed by atoms with Crippen molar-refractivity contribution in [1.29, 1.82) is 5.41 Å². The SMILES string of the molecule is CCOCCCn1c(=N)c(C(=O)NC[C@@H]2CCCO2)cc2c(=O)n3cccc(C)c3nc21. The van der Waals surface area contributed by atoms with Crippen molar-refractivity contribution in [3.8, 4) is 0 Å². The van der Waals surface area contributed by atoms with Crippen molar-refractivity contribution in [2.45, 2.75) is 45.8 Å². The van der Waals surface area contributed by atoms with Gasteiger partial charge in [0.15, 0.2) is 0 Å². The number of fused-ring (bicyclic) bond motifs is 2. The molecule has 0 unspecified atom stereocenters. The highest BCUT2D eigenvalue weighted by Gasteiger charge is 2.20. The van der Waals surface area contributed by atoms with Crippen LogP contribution in [0.2, 0.25) is 0 Å². The van der Waals surface area contributed by atoms with E-state index in [4.69, 9.17) is 19.9 Å². The van der Waals surface area contributed by atoms with Gasteiger partial charge in [-0.15, -0.1) is 0 Å². The van der Waals surface area contributed by atoms with Crippen LogP contribution >= 0.6 is 0 Å². The Morgan fingerprint density at radius 2 is 2.25 bits per heavy atom. The van der Waals surface area contributed by atoms with E-state index < -0.39 is 0 Å². The lowest BCUT2D eigenvalue weighted by Gasteiger charge is -2.16. The fraction of sp³-hybridized carbons (Fsp3) is 0.478. The Morgan fingerprint density at radius 3 is 3.00 bits per heavy atom. The number of carbonyl (C=O) groups excluding carboxylic acids is 1. The summed E-state index contributed by atoms with van der Waals surface area (Å²) >= 11 is 0. The van der Waals surface area contributed by atoms with Crippen molar-refractivity contribution < 1.29 is 14.3 Å². The summed E-state index contributed by atoms with van der Waals surface area (Å²) in [5.41, 5.74) is 1.72. The third kappa shape index (κ3) is 4.31. The number of nitrogens with zero attached hydrogens (tertiary/aromatic N) is 3. The highest BCUT2D eigenvalue weighted by atomic mass is 16.5. The van der Waals surface area contributed by atoms with Crippen LogP contribution in [0.25, 0.3) is 16.7 Å². The third-order valence-corrected chi connectivity index (χ3v) is 5.77. The van der Waals surface area contributed by atoms with Gasteiger partial charge in [-0.1, -0.05) is 6.07 Å². The second-order valence-electron chi connectivity index (χ2n) is 7.99. The van der Waals surface area contributed by atoms with Crippen LogP contribution in [0.15, 0.2) is 29.2 Å². The van der Waals surface area contributed by atoms with Crippen molar-refractivity contribution in [3.05, 3.63) is 51.4 Å². The van der Waals surface area contributed by atoms with Crippen molar-refractivity contribution in [1.82, 2.24) is 19.3 Å². The lowest BCUT2D eigenvalue weighted by atomic mass is 10.1. The smallest absolute Gasteiger partial charge is 0.267 e. The summed E-state index contributed by atoms with van der Waals surface area (Å²) < 4.78 is 14.1. The molecule has 1 saturated heterocycles. The van der Waals surface area contributed by atoms with Crippen LogP contribution in [-0.4, -0.2) is 52.3 Å². The molecule has 0 bridgehead atoms. The average molecular weight is 440 g/mol. The molecule has 1 aliphatic rings. The number of amides is 1. The molecular weight excluding hydrogens is 410 g/mol. The molecule has 0 radical (unpaired) electrons. The van der Waals surface area contributed by atoms with Crippen LogP contribution in [-0.2, 0) is 16.0 Å². The number of hydrogen-bond acceptors (Lipinski definition) is 6. The van der Waals surface area contributed by atoms with Crippen LogP contribution in [0.5, 0.6) is 0 Å². The molecule has 3 aromatic heterocycles. The first-order valence-electron chi connectivity index (χ1n) is 11.1. The summed E-state index contributed by atoms with van der Waals surface area (Å²) in [5, 5.41) is 11.9. The largest absolute Gasteiger partial charge is 0.382 e. The number of hydrogen-bond donors (Lipinski definition) is 2. The monoisotopic (exact) mass is 439 g/mol. The van der Waals surface area contributed by atoms with Gasteiger partial charge in [0.1, 0.15) is 16.8 Å². The highest BCUT2D eigenvalue weighted by Crippen LogP contribution is 2.14. The molecule has 0 aromatic carbocycles. The first-order chi connectivity index (χ1) is 15.5. The quantitative estimate of drug-likeness (QED) is 0.411. The average Bonchev–Trinajstić information content (AvgIpc) is 3.31. The van der Waals surface area contributed by atoms with E-state index in [9.17, 15) is 9.59 Å². The Balaban J connectivity index is 1.81.